The Hall–Kier alpha value is -0.770. The lowest BCUT2D eigenvalue weighted by atomic mass is 12.8. The van der Waals surface area contributed by atoms with Gasteiger partial charge in [-0.05, 0) is 0 Å². The molecular weight excluding hydrogens is 156 g/mol. The molecule has 1 heterocycles. The summed E-state index contributed by atoms with van der Waals surface area (Å²) >= 11 is 3.14. The Labute approximate surface area is 53.6 Å². The van der Waals surface area contributed by atoms with Gasteiger partial charge < -0.3 is 0 Å². The van der Waals surface area contributed by atoms with Crippen LogP contribution in [0.2, 0.25) is 0 Å². The van der Waals surface area contributed by atoms with Crippen LogP contribution in [0.4, 0.5) is 0 Å². The van der Waals surface area contributed by atoms with Gasteiger partial charge >= 0.3 is 10.3 Å². The predicted octanol–water partition coefficient (Wildman–Crippen LogP) is -0.186. The average Bonchev–Trinajstić information content (AvgIpc) is 2.34. The van der Waals surface area contributed by atoms with Crippen LogP contribution in [-0.4, -0.2) is 5.02 Å². The summed E-state index contributed by atoms with van der Waals surface area (Å²) in [6.07, 6.45) is 0. The molecule has 0 aromatic heterocycles. The lowest BCUT2D eigenvalue weighted by molar-refractivity contribution is -1.09. The molecule has 0 aromatic carbocycles. The maximum atomic E-state index is 3.95. The third-order valence-corrected chi connectivity index (χ3v) is 0.410. The summed E-state index contributed by atoms with van der Waals surface area (Å²) in [6.45, 7) is 0. The second kappa shape index (κ2) is 3.29. The van der Waals surface area contributed by atoms with E-state index in [0.29, 0.717) is 5.02 Å². The van der Waals surface area contributed by atoms with Crippen LogP contribution in [0.3, 0.4) is 0 Å². The van der Waals surface area contributed by atoms with E-state index in [4.69, 9.17) is 0 Å². The van der Waals surface area contributed by atoms with Crippen molar-refractivity contribution in [3.63, 3.8) is 0 Å². The molecule has 0 saturated heterocycles. The van der Waals surface area contributed by atoms with Gasteiger partial charge in [0, 0.05) is 22.9 Å². The molecule has 52 valence electrons. The van der Waals surface area contributed by atoms with Gasteiger partial charge in [-0.25, -0.2) is 0 Å². The summed E-state index contributed by atoms with van der Waals surface area (Å²) in [4.78, 5) is 11.7. The number of hydrogen-bond acceptors (Lipinski definition) is 8. The van der Waals surface area contributed by atoms with E-state index < -0.39 is 0 Å². The number of thiol groups is 1. The number of hydrogen-bond donors (Lipinski definition) is 1. The van der Waals surface area contributed by atoms with Crippen molar-refractivity contribution in [2.24, 2.45) is 5.28 Å². The first kappa shape index (κ1) is 6.35. The molecule has 0 bridgehead atoms. The van der Waals surface area contributed by atoms with Gasteiger partial charge in [0.05, 0.1) is 5.04 Å². The van der Waals surface area contributed by atoms with Gasteiger partial charge in [0.2, 0.25) is 0 Å². The van der Waals surface area contributed by atoms with Crippen molar-refractivity contribution in [3.05, 3.63) is 0 Å². The molecule has 0 saturated carbocycles. The van der Waals surface area contributed by atoms with Crippen LogP contribution < -0.4 is 0 Å². The highest BCUT2D eigenvalue weighted by atomic mass is 32.1. The molecule has 8 nitrogen and oxygen atoms in total. The Kier molecular flexibility index (Phi) is 2.32. The number of rotatable bonds is 3. The Morgan fingerprint density at radius 3 is 3.00 bits per heavy atom. The summed E-state index contributed by atoms with van der Waals surface area (Å²) < 4.78 is 3.68. The molecule has 0 radical (unpaired) electrons. The third kappa shape index (κ3) is 1.89. The van der Waals surface area contributed by atoms with Gasteiger partial charge in [-0.2, -0.15) is 0 Å². The fraction of sp³-hybridized carbons (Fsp3) is 0. The standard InChI is InChI=1S/N2O6S/c9-8-7-5-2-1-3-6-4-2/p+1. The van der Waals surface area contributed by atoms with Crippen LogP contribution >= 0.6 is 12.9 Å². The van der Waals surface area contributed by atoms with Crippen molar-refractivity contribution < 1.29 is 34.4 Å². The SMILES string of the molecule is SOOO[N+]1=NOOO1. The first-order valence-electron chi connectivity index (χ1n) is 1.60. The third-order valence-electron chi connectivity index (χ3n) is 0.349. The molecule has 0 spiro atoms. The van der Waals surface area contributed by atoms with E-state index in [1.165, 1.54) is 0 Å². The summed E-state index contributed by atoms with van der Waals surface area (Å²) in [5.74, 6) is 0. The molecule has 9 heavy (non-hydrogen) atoms. The fourth-order valence-corrected chi connectivity index (χ4v) is 0.187. The van der Waals surface area contributed by atoms with Crippen LogP contribution in [-0.2, 0) is 29.4 Å². The van der Waals surface area contributed by atoms with Crippen molar-refractivity contribution in [3.8, 4) is 0 Å². The van der Waals surface area contributed by atoms with Gasteiger partial charge in [0.15, 0.2) is 0 Å². The van der Waals surface area contributed by atoms with E-state index in [1.807, 2.05) is 0 Å². The molecular formula is HN2O6S+. The van der Waals surface area contributed by atoms with Crippen LogP contribution in [0.5, 0.6) is 0 Å². The minimum atomic E-state index is 0.357. The van der Waals surface area contributed by atoms with Crippen LogP contribution in [0.25, 0.3) is 0 Å². The minimum absolute atomic E-state index is 0.357. The summed E-state index contributed by atoms with van der Waals surface area (Å²) in [6, 6.07) is 0. The van der Waals surface area contributed by atoms with Crippen LogP contribution in [0.15, 0.2) is 5.28 Å². The molecule has 1 rings (SSSR count). The highest BCUT2D eigenvalue weighted by molar-refractivity contribution is 7.74. The van der Waals surface area contributed by atoms with E-state index in [-0.39, 0.29) is 0 Å². The van der Waals surface area contributed by atoms with E-state index in [1.54, 1.807) is 0 Å². The second-order valence-corrected chi connectivity index (χ2v) is 0.903. The molecule has 0 unspecified atom stereocenters. The largest absolute Gasteiger partial charge is 0.453 e. The second-order valence-electron chi connectivity index (χ2n) is 0.754. The quantitative estimate of drug-likeness (QED) is 0.265. The van der Waals surface area contributed by atoms with E-state index in [2.05, 4.69) is 47.6 Å². The predicted molar refractivity (Wildman–Crippen MR) is 18.2 cm³/mol. The highest BCUT2D eigenvalue weighted by Gasteiger charge is 2.25. The molecule has 0 amide bonds. The van der Waals surface area contributed by atoms with Crippen LogP contribution in [0.1, 0.15) is 0 Å². The molecule has 1 aliphatic heterocycles. The van der Waals surface area contributed by atoms with E-state index in [0.717, 1.165) is 0 Å². The lowest BCUT2D eigenvalue weighted by Gasteiger charge is -1.80. The van der Waals surface area contributed by atoms with Crippen LogP contribution in [0, 0.1) is 0 Å². The molecule has 0 fully saturated rings. The minimum Gasteiger partial charge on any atom is -0.121 e. The monoisotopic (exact) mass is 157 g/mol. The Bertz CT molecular complexity index is 112. The van der Waals surface area contributed by atoms with Crippen molar-refractivity contribution in [2.45, 2.75) is 0 Å². The molecule has 0 aromatic rings. The first-order valence-corrected chi connectivity index (χ1v) is 1.96. The van der Waals surface area contributed by atoms with Crippen molar-refractivity contribution >= 4 is 12.9 Å². The zero-order valence-corrected chi connectivity index (χ0v) is 4.69. The van der Waals surface area contributed by atoms with E-state index in [9.17, 15) is 0 Å². The normalized spacial score (nSPS) is 15.9. The Morgan fingerprint density at radius 2 is 2.44 bits per heavy atom. The van der Waals surface area contributed by atoms with E-state index >= 15 is 0 Å². The molecule has 1 aliphatic rings. The maximum Gasteiger partial charge on any atom is 0.453 e. The zero-order valence-electron chi connectivity index (χ0n) is 3.79. The maximum absolute atomic E-state index is 3.95. The first-order chi connectivity index (χ1) is 4.43. The average molecular weight is 157 g/mol. The zero-order chi connectivity index (χ0) is 6.53. The van der Waals surface area contributed by atoms with Gasteiger partial charge in [0.25, 0.3) is 0 Å². The van der Waals surface area contributed by atoms with Gasteiger partial charge in [-0.15, -0.1) is 9.32 Å². The fourth-order valence-electron chi connectivity index (χ4n) is 0.160. The molecule has 9 heteroatoms. The van der Waals surface area contributed by atoms with Gasteiger partial charge in [-0.3, -0.25) is 0 Å². The molecule has 0 atom stereocenters. The molecule has 0 aliphatic carbocycles. The van der Waals surface area contributed by atoms with Crippen molar-refractivity contribution in [2.75, 3.05) is 0 Å². The van der Waals surface area contributed by atoms with Gasteiger partial charge in [0.1, 0.15) is 5.04 Å². The summed E-state index contributed by atoms with van der Waals surface area (Å²) in [7, 11) is 0. The van der Waals surface area contributed by atoms with Crippen molar-refractivity contribution in [1.82, 2.24) is 0 Å². The Balaban J connectivity index is 2.11. The van der Waals surface area contributed by atoms with Gasteiger partial charge in [-0.1, -0.05) is 0 Å². The summed E-state index contributed by atoms with van der Waals surface area (Å²) in [5.41, 5.74) is 0. The topological polar surface area (TPSA) is 70.8 Å². The highest BCUT2D eigenvalue weighted by Crippen LogP contribution is 1.98. The van der Waals surface area contributed by atoms with Crippen molar-refractivity contribution in [1.29, 1.82) is 0 Å². The Morgan fingerprint density at radius 1 is 1.56 bits per heavy atom. The lowest BCUT2D eigenvalue weighted by Crippen LogP contribution is -2.05. The molecule has 0 N–H and O–H groups in total. The summed E-state index contributed by atoms with van der Waals surface area (Å²) in [5, 5.41) is 10.7. The smallest absolute Gasteiger partial charge is 0.121 e. The number of nitrogens with zero attached hydrogens (tertiary/aromatic N) is 2.